The summed E-state index contributed by atoms with van der Waals surface area (Å²) in [7, 11) is 1.91. The Morgan fingerprint density at radius 3 is 2.91 bits per heavy atom. The number of carbonyl (C=O) groups is 1. The van der Waals surface area contributed by atoms with Gasteiger partial charge < -0.3 is 14.6 Å². The standard InChI is InChI=1S/C16H20N4O2/c1-10-4-5-13(11(2)18-10)19-16(21)12-6-9-22-14(12)15-17-7-8-20(15)3/h4-5,7-8,12,14H,6,9H2,1-3H3,(H,19,21)/t12-,14-/m1/s1. The molecule has 1 amide bonds. The van der Waals surface area contributed by atoms with Crippen LogP contribution in [0.3, 0.4) is 0 Å². The lowest BCUT2D eigenvalue weighted by molar-refractivity contribution is -0.121. The number of ether oxygens (including phenoxy) is 1. The lowest BCUT2D eigenvalue weighted by Crippen LogP contribution is -2.27. The average Bonchev–Trinajstić information content (AvgIpc) is 3.09. The maximum absolute atomic E-state index is 12.6. The normalized spacial score (nSPS) is 21.0. The Kier molecular flexibility index (Phi) is 3.94. The molecule has 2 aromatic heterocycles. The molecule has 6 nitrogen and oxygen atoms in total. The molecule has 0 saturated carbocycles. The zero-order valence-corrected chi connectivity index (χ0v) is 13.0. The number of rotatable bonds is 3. The van der Waals surface area contributed by atoms with Gasteiger partial charge in [0.05, 0.1) is 17.3 Å². The quantitative estimate of drug-likeness (QED) is 0.943. The van der Waals surface area contributed by atoms with Crippen LogP contribution in [0.1, 0.15) is 29.7 Å². The zero-order chi connectivity index (χ0) is 15.7. The van der Waals surface area contributed by atoms with E-state index in [1.165, 1.54) is 0 Å². The molecule has 1 saturated heterocycles. The van der Waals surface area contributed by atoms with Crippen molar-refractivity contribution in [3.05, 3.63) is 41.7 Å². The maximum atomic E-state index is 12.6. The minimum absolute atomic E-state index is 0.0424. The second-order valence-corrected chi connectivity index (χ2v) is 5.66. The predicted octanol–water partition coefficient (Wildman–Crippen LogP) is 2.15. The summed E-state index contributed by atoms with van der Waals surface area (Å²) in [5.74, 6) is 0.512. The first-order chi connectivity index (χ1) is 10.6. The highest BCUT2D eigenvalue weighted by molar-refractivity contribution is 5.93. The van der Waals surface area contributed by atoms with Crippen LogP contribution in [-0.2, 0) is 16.6 Å². The predicted molar refractivity (Wildman–Crippen MR) is 82.3 cm³/mol. The molecule has 1 aliphatic rings. The number of carbonyl (C=O) groups excluding carboxylic acids is 1. The SMILES string of the molecule is Cc1ccc(NC(=O)[C@@H]2CCO[C@H]2c2nccn2C)c(C)n1. The number of pyridine rings is 1. The van der Waals surface area contributed by atoms with E-state index in [4.69, 9.17) is 4.74 Å². The van der Waals surface area contributed by atoms with E-state index in [0.29, 0.717) is 13.0 Å². The highest BCUT2D eigenvalue weighted by Crippen LogP contribution is 2.34. The molecule has 0 aromatic carbocycles. The van der Waals surface area contributed by atoms with Crippen molar-refractivity contribution in [3.8, 4) is 0 Å². The molecule has 6 heteroatoms. The van der Waals surface area contributed by atoms with E-state index < -0.39 is 0 Å². The molecule has 2 aromatic rings. The molecule has 116 valence electrons. The number of imidazole rings is 1. The molecule has 0 radical (unpaired) electrons. The monoisotopic (exact) mass is 300 g/mol. The van der Waals surface area contributed by atoms with Gasteiger partial charge in [-0.3, -0.25) is 9.78 Å². The molecule has 0 bridgehead atoms. The fourth-order valence-electron chi connectivity index (χ4n) is 2.81. The van der Waals surface area contributed by atoms with Gasteiger partial charge in [0.2, 0.25) is 5.91 Å². The van der Waals surface area contributed by atoms with E-state index in [2.05, 4.69) is 15.3 Å². The Morgan fingerprint density at radius 2 is 2.23 bits per heavy atom. The fourth-order valence-corrected chi connectivity index (χ4v) is 2.81. The van der Waals surface area contributed by atoms with Crippen LogP contribution in [0.2, 0.25) is 0 Å². The van der Waals surface area contributed by atoms with Crippen LogP contribution in [0.5, 0.6) is 0 Å². The molecule has 22 heavy (non-hydrogen) atoms. The van der Waals surface area contributed by atoms with E-state index in [1.54, 1.807) is 6.20 Å². The van der Waals surface area contributed by atoms with Gasteiger partial charge in [0, 0.05) is 31.7 Å². The molecular weight excluding hydrogens is 280 g/mol. The van der Waals surface area contributed by atoms with Crippen LogP contribution in [0.4, 0.5) is 5.69 Å². The largest absolute Gasteiger partial charge is 0.369 e. The highest BCUT2D eigenvalue weighted by atomic mass is 16.5. The summed E-state index contributed by atoms with van der Waals surface area (Å²) in [6.07, 6.45) is 3.99. The van der Waals surface area contributed by atoms with Gasteiger partial charge in [-0.1, -0.05) is 0 Å². The lowest BCUT2D eigenvalue weighted by Gasteiger charge is -2.18. The average molecular weight is 300 g/mol. The van der Waals surface area contributed by atoms with Gasteiger partial charge in [0.15, 0.2) is 0 Å². The second-order valence-electron chi connectivity index (χ2n) is 5.66. The topological polar surface area (TPSA) is 69.0 Å². The molecule has 1 N–H and O–H groups in total. The molecule has 3 heterocycles. The Morgan fingerprint density at radius 1 is 1.41 bits per heavy atom. The molecule has 0 aliphatic carbocycles. The lowest BCUT2D eigenvalue weighted by atomic mass is 9.99. The summed E-state index contributed by atoms with van der Waals surface area (Å²) >= 11 is 0. The van der Waals surface area contributed by atoms with E-state index >= 15 is 0 Å². The second kappa shape index (κ2) is 5.88. The van der Waals surface area contributed by atoms with Crippen LogP contribution in [-0.4, -0.2) is 27.0 Å². The van der Waals surface area contributed by atoms with Crippen molar-refractivity contribution in [1.29, 1.82) is 0 Å². The smallest absolute Gasteiger partial charge is 0.230 e. The Bertz CT molecular complexity index is 695. The third-order valence-corrected chi connectivity index (χ3v) is 4.02. The number of aromatic nitrogens is 3. The molecule has 3 rings (SSSR count). The fraction of sp³-hybridized carbons (Fsp3) is 0.438. The van der Waals surface area contributed by atoms with Crippen molar-refractivity contribution in [2.75, 3.05) is 11.9 Å². The van der Waals surface area contributed by atoms with Crippen molar-refractivity contribution in [2.45, 2.75) is 26.4 Å². The summed E-state index contributed by atoms with van der Waals surface area (Å²) in [5, 5.41) is 2.97. The molecule has 2 atom stereocenters. The van der Waals surface area contributed by atoms with E-state index in [0.717, 1.165) is 22.9 Å². The van der Waals surface area contributed by atoms with E-state index in [1.807, 2.05) is 43.8 Å². The number of aryl methyl sites for hydroxylation is 3. The number of hydrogen-bond acceptors (Lipinski definition) is 4. The minimum Gasteiger partial charge on any atom is -0.369 e. The van der Waals surface area contributed by atoms with Crippen LogP contribution in [0.15, 0.2) is 24.5 Å². The summed E-state index contributed by atoms with van der Waals surface area (Å²) in [5.41, 5.74) is 2.51. The summed E-state index contributed by atoms with van der Waals surface area (Å²) in [6, 6.07) is 3.78. The van der Waals surface area contributed by atoms with Gasteiger partial charge >= 0.3 is 0 Å². The minimum atomic E-state index is -0.293. The van der Waals surface area contributed by atoms with Crippen molar-refractivity contribution >= 4 is 11.6 Å². The Balaban J connectivity index is 1.78. The molecule has 1 fully saturated rings. The van der Waals surface area contributed by atoms with Crippen molar-refractivity contribution in [3.63, 3.8) is 0 Å². The van der Waals surface area contributed by atoms with E-state index in [9.17, 15) is 4.79 Å². The number of hydrogen-bond donors (Lipinski definition) is 1. The van der Waals surface area contributed by atoms with Crippen molar-refractivity contribution in [1.82, 2.24) is 14.5 Å². The zero-order valence-electron chi connectivity index (χ0n) is 13.0. The van der Waals surface area contributed by atoms with Gasteiger partial charge in [-0.05, 0) is 32.4 Å². The number of nitrogens with zero attached hydrogens (tertiary/aromatic N) is 3. The molecule has 1 aliphatic heterocycles. The summed E-state index contributed by atoms with van der Waals surface area (Å²) < 4.78 is 7.64. The summed E-state index contributed by atoms with van der Waals surface area (Å²) in [4.78, 5) is 21.3. The van der Waals surface area contributed by atoms with Gasteiger partial charge in [0.25, 0.3) is 0 Å². The van der Waals surface area contributed by atoms with Crippen molar-refractivity contribution in [2.24, 2.45) is 13.0 Å². The van der Waals surface area contributed by atoms with Gasteiger partial charge in [-0.2, -0.15) is 0 Å². The summed E-state index contributed by atoms with van der Waals surface area (Å²) in [6.45, 7) is 4.39. The van der Waals surface area contributed by atoms with Crippen LogP contribution in [0.25, 0.3) is 0 Å². The number of nitrogens with one attached hydrogen (secondary N) is 1. The third-order valence-electron chi connectivity index (χ3n) is 4.02. The first kappa shape index (κ1) is 14.7. The van der Waals surface area contributed by atoms with E-state index in [-0.39, 0.29) is 17.9 Å². The van der Waals surface area contributed by atoms with Crippen LogP contribution < -0.4 is 5.32 Å². The highest BCUT2D eigenvalue weighted by Gasteiger charge is 2.37. The van der Waals surface area contributed by atoms with Crippen molar-refractivity contribution < 1.29 is 9.53 Å². The van der Waals surface area contributed by atoms with Crippen LogP contribution in [0, 0.1) is 19.8 Å². The number of amides is 1. The molecule has 0 unspecified atom stereocenters. The first-order valence-corrected chi connectivity index (χ1v) is 7.40. The Hall–Kier alpha value is -2.21. The maximum Gasteiger partial charge on any atom is 0.230 e. The van der Waals surface area contributed by atoms with Crippen LogP contribution >= 0.6 is 0 Å². The molecule has 0 spiro atoms. The van der Waals surface area contributed by atoms with Gasteiger partial charge in [0.1, 0.15) is 11.9 Å². The molecular formula is C16H20N4O2. The Labute approximate surface area is 129 Å². The first-order valence-electron chi connectivity index (χ1n) is 7.40. The van der Waals surface area contributed by atoms with Gasteiger partial charge in [-0.15, -0.1) is 0 Å². The number of anilines is 1. The van der Waals surface area contributed by atoms with Gasteiger partial charge in [-0.25, -0.2) is 4.98 Å². The third kappa shape index (κ3) is 2.74.